The summed E-state index contributed by atoms with van der Waals surface area (Å²) < 4.78 is 11.5. The molecule has 2 N–H and O–H groups in total. The van der Waals surface area contributed by atoms with Crippen molar-refractivity contribution in [3.63, 3.8) is 0 Å². The van der Waals surface area contributed by atoms with Crippen LogP contribution in [0.2, 0.25) is 0 Å². The zero-order chi connectivity index (χ0) is 12.3. The second-order valence-electron chi connectivity index (χ2n) is 3.34. The molecule has 0 atom stereocenters. The van der Waals surface area contributed by atoms with E-state index < -0.39 is 0 Å². The average Bonchev–Trinajstić information content (AvgIpc) is 2.32. The van der Waals surface area contributed by atoms with Gasteiger partial charge in [0.1, 0.15) is 11.5 Å². The molecule has 4 nitrogen and oxygen atoms in total. The van der Waals surface area contributed by atoms with Gasteiger partial charge in [-0.05, 0) is 34.1 Å². The molecule has 0 spiro atoms. The summed E-state index contributed by atoms with van der Waals surface area (Å²) in [5.41, 5.74) is 6.36. The molecule has 0 fully saturated rings. The van der Waals surface area contributed by atoms with Crippen LogP contribution in [0.4, 0.5) is 5.69 Å². The maximum atomic E-state index is 5.85. The van der Waals surface area contributed by atoms with Crippen molar-refractivity contribution in [2.75, 3.05) is 12.8 Å². The lowest BCUT2D eigenvalue weighted by Gasteiger charge is -2.09. The van der Waals surface area contributed by atoms with Crippen LogP contribution in [-0.2, 0) is 0 Å². The molecule has 1 aromatic carbocycles. The van der Waals surface area contributed by atoms with Gasteiger partial charge < -0.3 is 15.2 Å². The van der Waals surface area contributed by atoms with Gasteiger partial charge in [-0.1, -0.05) is 0 Å². The monoisotopic (exact) mass is 294 g/mol. The number of pyridine rings is 1. The van der Waals surface area contributed by atoms with Crippen molar-refractivity contribution >= 4 is 21.6 Å². The standard InChI is InChI=1S/C12H11BrN2O2/c1-16-9-2-3-12(11(14)5-9)17-10-4-8(13)6-15-7-10/h2-7H,14H2,1H3. The van der Waals surface area contributed by atoms with Crippen molar-refractivity contribution in [1.29, 1.82) is 0 Å². The van der Waals surface area contributed by atoms with E-state index in [0.717, 1.165) is 4.47 Å². The molecular weight excluding hydrogens is 284 g/mol. The minimum Gasteiger partial charge on any atom is -0.497 e. The summed E-state index contributed by atoms with van der Waals surface area (Å²) in [4.78, 5) is 4.01. The Morgan fingerprint density at radius 1 is 1.18 bits per heavy atom. The van der Waals surface area contributed by atoms with Crippen molar-refractivity contribution < 1.29 is 9.47 Å². The summed E-state index contributed by atoms with van der Waals surface area (Å²) in [6, 6.07) is 7.07. The van der Waals surface area contributed by atoms with E-state index in [2.05, 4.69) is 20.9 Å². The van der Waals surface area contributed by atoms with Gasteiger partial charge in [0.2, 0.25) is 0 Å². The van der Waals surface area contributed by atoms with Crippen LogP contribution in [0.15, 0.2) is 41.1 Å². The van der Waals surface area contributed by atoms with E-state index in [1.54, 1.807) is 37.7 Å². The fourth-order valence-electron chi connectivity index (χ4n) is 1.32. The minimum absolute atomic E-state index is 0.518. The summed E-state index contributed by atoms with van der Waals surface area (Å²) >= 11 is 3.32. The Kier molecular flexibility index (Phi) is 3.49. The van der Waals surface area contributed by atoms with Gasteiger partial charge in [0.15, 0.2) is 5.75 Å². The van der Waals surface area contributed by atoms with Crippen LogP contribution in [0.25, 0.3) is 0 Å². The highest BCUT2D eigenvalue weighted by Gasteiger charge is 2.04. The molecule has 0 aliphatic rings. The van der Waals surface area contributed by atoms with E-state index in [4.69, 9.17) is 15.2 Å². The summed E-state index contributed by atoms with van der Waals surface area (Å²) in [7, 11) is 1.59. The van der Waals surface area contributed by atoms with Crippen LogP contribution in [0.1, 0.15) is 0 Å². The van der Waals surface area contributed by atoms with Gasteiger partial charge in [0, 0.05) is 16.7 Å². The zero-order valence-electron chi connectivity index (χ0n) is 9.18. The van der Waals surface area contributed by atoms with E-state index >= 15 is 0 Å². The zero-order valence-corrected chi connectivity index (χ0v) is 10.8. The molecule has 0 unspecified atom stereocenters. The summed E-state index contributed by atoms with van der Waals surface area (Å²) in [6.45, 7) is 0. The van der Waals surface area contributed by atoms with Gasteiger partial charge in [-0.3, -0.25) is 4.98 Å². The highest BCUT2D eigenvalue weighted by molar-refractivity contribution is 9.10. The number of aromatic nitrogens is 1. The van der Waals surface area contributed by atoms with Crippen LogP contribution in [0.5, 0.6) is 17.2 Å². The van der Waals surface area contributed by atoms with Gasteiger partial charge in [-0.2, -0.15) is 0 Å². The van der Waals surface area contributed by atoms with Gasteiger partial charge in [-0.25, -0.2) is 0 Å². The lowest BCUT2D eigenvalue weighted by Crippen LogP contribution is -1.93. The number of nitrogens with two attached hydrogens (primary N) is 1. The number of rotatable bonds is 3. The topological polar surface area (TPSA) is 57.4 Å². The van der Waals surface area contributed by atoms with Crippen LogP contribution in [-0.4, -0.2) is 12.1 Å². The van der Waals surface area contributed by atoms with Crippen molar-refractivity contribution in [2.45, 2.75) is 0 Å². The normalized spacial score (nSPS) is 10.0. The van der Waals surface area contributed by atoms with E-state index in [-0.39, 0.29) is 0 Å². The van der Waals surface area contributed by atoms with Crippen LogP contribution in [0.3, 0.4) is 0 Å². The lowest BCUT2D eigenvalue weighted by molar-refractivity contribution is 0.413. The van der Waals surface area contributed by atoms with Gasteiger partial charge in [0.25, 0.3) is 0 Å². The molecule has 0 aliphatic heterocycles. The molecule has 0 saturated heterocycles. The average molecular weight is 295 g/mol. The highest BCUT2D eigenvalue weighted by atomic mass is 79.9. The SMILES string of the molecule is COc1ccc(Oc2cncc(Br)c2)c(N)c1. The molecule has 0 bridgehead atoms. The number of methoxy groups -OCH3 is 1. The van der Waals surface area contributed by atoms with Gasteiger partial charge in [-0.15, -0.1) is 0 Å². The Balaban J connectivity index is 2.24. The summed E-state index contributed by atoms with van der Waals surface area (Å²) in [6.07, 6.45) is 3.30. The third-order valence-electron chi connectivity index (χ3n) is 2.12. The number of anilines is 1. The van der Waals surface area contributed by atoms with Crippen LogP contribution < -0.4 is 15.2 Å². The van der Waals surface area contributed by atoms with Crippen LogP contribution >= 0.6 is 15.9 Å². The van der Waals surface area contributed by atoms with E-state index in [9.17, 15) is 0 Å². The van der Waals surface area contributed by atoms with Crippen molar-refractivity contribution in [2.24, 2.45) is 0 Å². The summed E-state index contributed by atoms with van der Waals surface area (Å²) in [5.74, 6) is 1.89. The molecule has 5 heteroatoms. The largest absolute Gasteiger partial charge is 0.497 e. The van der Waals surface area contributed by atoms with Crippen molar-refractivity contribution in [1.82, 2.24) is 4.98 Å². The van der Waals surface area contributed by atoms with Crippen molar-refractivity contribution in [3.8, 4) is 17.2 Å². The fourth-order valence-corrected chi connectivity index (χ4v) is 1.67. The quantitative estimate of drug-likeness (QED) is 0.883. The summed E-state index contributed by atoms with van der Waals surface area (Å²) in [5, 5.41) is 0. The predicted molar refractivity (Wildman–Crippen MR) is 69.4 cm³/mol. The van der Waals surface area contributed by atoms with Crippen LogP contribution in [0, 0.1) is 0 Å². The third kappa shape index (κ3) is 2.88. The minimum atomic E-state index is 0.518. The van der Waals surface area contributed by atoms with E-state index in [1.807, 2.05) is 6.07 Å². The molecule has 2 aromatic rings. The Labute approximate surface area is 108 Å². The second kappa shape index (κ2) is 5.05. The molecule has 17 heavy (non-hydrogen) atoms. The van der Waals surface area contributed by atoms with Gasteiger partial charge >= 0.3 is 0 Å². The first-order valence-corrected chi connectivity index (χ1v) is 5.70. The molecule has 0 saturated carbocycles. The number of nitrogen functional groups attached to an aromatic ring is 1. The van der Waals surface area contributed by atoms with Crippen molar-refractivity contribution in [3.05, 3.63) is 41.1 Å². The molecule has 0 aliphatic carbocycles. The third-order valence-corrected chi connectivity index (χ3v) is 2.56. The molecule has 88 valence electrons. The number of benzene rings is 1. The molecule has 1 aromatic heterocycles. The van der Waals surface area contributed by atoms with Gasteiger partial charge in [0.05, 0.1) is 19.0 Å². The first-order chi connectivity index (χ1) is 8.19. The molecule has 2 rings (SSSR count). The van der Waals surface area contributed by atoms with E-state index in [1.165, 1.54) is 0 Å². The fraction of sp³-hybridized carbons (Fsp3) is 0.0833. The Hall–Kier alpha value is -1.75. The number of halogens is 1. The maximum absolute atomic E-state index is 5.85. The number of hydrogen-bond acceptors (Lipinski definition) is 4. The smallest absolute Gasteiger partial charge is 0.150 e. The van der Waals surface area contributed by atoms with E-state index in [0.29, 0.717) is 22.9 Å². The number of nitrogens with zero attached hydrogens (tertiary/aromatic N) is 1. The Morgan fingerprint density at radius 2 is 2.00 bits per heavy atom. The lowest BCUT2D eigenvalue weighted by atomic mass is 10.3. The predicted octanol–water partition coefficient (Wildman–Crippen LogP) is 3.23. The highest BCUT2D eigenvalue weighted by Crippen LogP contribution is 2.30. The maximum Gasteiger partial charge on any atom is 0.150 e. The molecule has 0 amide bonds. The Morgan fingerprint density at radius 3 is 2.65 bits per heavy atom. The molecular formula is C12H11BrN2O2. The number of hydrogen-bond donors (Lipinski definition) is 1. The number of ether oxygens (including phenoxy) is 2. The molecule has 0 radical (unpaired) electrons. The first-order valence-electron chi connectivity index (χ1n) is 4.91. The first kappa shape index (κ1) is 11.7. The second-order valence-corrected chi connectivity index (χ2v) is 4.26. The molecule has 1 heterocycles. The Bertz CT molecular complexity index is 532.